The van der Waals surface area contributed by atoms with E-state index in [1.165, 1.54) is 46.4 Å². The largest absolute Gasteiger partial charge is 0.271 e. The lowest BCUT2D eigenvalue weighted by Gasteiger charge is -2.18. The zero-order valence-corrected chi connectivity index (χ0v) is 13.9. The zero-order valence-electron chi connectivity index (χ0n) is 13.1. The SMILES string of the molecule is Cc1cc(C)c(CC(NN)c2cc3c(s2)CCC3)c(C)c1. The highest BCUT2D eigenvalue weighted by molar-refractivity contribution is 7.12. The molecule has 1 aromatic carbocycles. The summed E-state index contributed by atoms with van der Waals surface area (Å²) in [4.78, 5) is 2.96. The van der Waals surface area contributed by atoms with E-state index in [1.807, 2.05) is 11.3 Å². The van der Waals surface area contributed by atoms with E-state index in [4.69, 9.17) is 5.84 Å². The number of hydrogen-bond donors (Lipinski definition) is 2. The van der Waals surface area contributed by atoms with Crippen molar-refractivity contribution in [3.8, 4) is 0 Å². The van der Waals surface area contributed by atoms with Crippen LogP contribution in [0, 0.1) is 20.8 Å². The number of benzene rings is 1. The average Bonchev–Trinajstić information content (AvgIpc) is 2.98. The summed E-state index contributed by atoms with van der Waals surface area (Å²) in [6.45, 7) is 6.57. The molecule has 1 aliphatic carbocycles. The molecular weight excluding hydrogens is 276 g/mol. The number of fused-ring (bicyclic) bond motifs is 1. The lowest BCUT2D eigenvalue weighted by Crippen LogP contribution is -2.29. The summed E-state index contributed by atoms with van der Waals surface area (Å²) < 4.78 is 0. The number of aryl methyl sites for hydroxylation is 5. The van der Waals surface area contributed by atoms with Crippen LogP contribution in [0.5, 0.6) is 0 Å². The van der Waals surface area contributed by atoms with Gasteiger partial charge in [0.05, 0.1) is 6.04 Å². The molecule has 1 unspecified atom stereocenters. The molecule has 0 aliphatic heterocycles. The van der Waals surface area contributed by atoms with Crippen LogP contribution < -0.4 is 11.3 Å². The third-order valence-electron chi connectivity index (χ3n) is 4.56. The molecule has 2 aromatic rings. The smallest absolute Gasteiger partial charge is 0.0593 e. The van der Waals surface area contributed by atoms with Crippen LogP contribution in [0.3, 0.4) is 0 Å². The summed E-state index contributed by atoms with van der Waals surface area (Å²) in [5.41, 5.74) is 10.1. The molecule has 21 heavy (non-hydrogen) atoms. The van der Waals surface area contributed by atoms with Gasteiger partial charge >= 0.3 is 0 Å². The zero-order chi connectivity index (χ0) is 15.0. The Balaban J connectivity index is 1.87. The molecule has 0 bridgehead atoms. The molecule has 1 heterocycles. The van der Waals surface area contributed by atoms with E-state index in [0.29, 0.717) is 0 Å². The molecule has 1 atom stereocenters. The van der Waals surface area contributed by atoms with Crippen molar-refractivity contribution >= 4 is 11.3 Å². The lowest BCUT2D eigenvalue weighted by molar-refractivity contribution is 0.558. The van der Waals surface area contributed by atoms with Crippen molar-refractivity contribution in [1.82, 2.24) is 5.43 Å². The Labute approximate surface area is 131 Å². The standard InChI is InChI=1S/C18H24N2S/c1-11-7-12(2)15(13(3)8-11)10-16(20-19)18-9-14-5-4-6-17(14)21-18/h7-9,16,20H,4-6,10,19H2,1-3H3. The van der Waals surface area contributed by atoms with Gasteiger partial charge in [-0.15, -0.1) is 11.3 Å². The molecular formula is C18H24N2S. The van der Waals surface area contributed by atoms with Crippen LogP contribution in [0.1, 0.15) is 50.0 Å². The first-order valence-corrected chi connectivity index (χ1v) is 8.54. The van der Waals surface area contributed by atoms with Crippen molar-refractivity contribution in [3.05, 3.63) is 55.8 Å². The van der Waals surface area contributed by atoms with Gasteiger partial charge in [-0.05, 0) is 74.8 Å². The van der Waals surface area contributed by atoms with Crippen LogP contribution in [0.15, 0.2) is 18.2 Å². The van der Waals surface area contributed by atoms with Crippen molar-refractivity contribution in [2.24, 2.45) is 5.84 Å². The van der Waals surface area contributed by atoms with E-state index in [9.17, 15) is 0 Å². The Morgan fingerprint density at radius 2 is 1.86 bits per heavy atom. The Kier molecular flexibility index (Phi) is 4.16. The van der Waals surface area contributed by atoms with Gasteiger partial charge in [-0.1, -0.05) is 17.7 Å². The van der Waals surface area contributed by atoms with Crippen LogP contribution in [0.25, 0.3) is 0 Å². The Hall–Kier alpha value is -1.16. The summed E-state index contributed by atoms with van der Waals surface area (Å²) in [5.74, 6) is 5.86. The van der Waals surface area contributed by atoms with Gasteiger partial charge in [-0.3, -0.25) is 11.3 Å². The summed E-state index contributed by atoms with van der Waals surface area (Å²) >= 11 is 1.95. The predicted octanol–water partition coefficient (Wildman–Crippen LogP) is 3.91. The van der Waals surface area contributed by atoms with Crippen LogP contribution in [-0.2, 0) is 19.3 Å². The van der Waals surface area contributed by atoms with Crippen molar-refractivity contribution < 1.29 is 0 Å². The van der Waals surface area contributed by atoms with E-state index < -0.39 is 0 Å². The number of hydrazine groups is 1. The number of thiophene rings is 1. The second-order valence-electron chi connectivity index (χ2n) is 6.25. The molecule has 3 heteroatoms. The minimum Gasteiger partial charge on any atom is -0.271 e. The lowest BCUT2D eigenvalue weighted by atomic mass is 9.94. The van der Waals surface area contributed by atoms with E-state index in [0.717, 1.165) is 6.42 Å². The maximum absolute atomic E-state index is 5.86. The fraction of sp³-hybridized carbons (Fsp3) is 0.444. The molecule has 3 N–H and O–H groups in total. The first-order valence-electron chi connectivity index (χ1n) is 7.73. The Morgan fingerprint density at radius 1 is 1.14 bits per heavy atom. The molecule has 0 spiro atoms. The van der Waals surface area contributed by atoms with Crippen molar-refractivity contribution in [2.45, 2.75) is 52.5 Å². The topological polar surface area (TPSA) is 38.0 Å². The normalized spacial score (nSPS) is 15.2. The van der Waals surface area contributed by atoms with Gasteiger partial charge < -0.3 is 0 Å². The van der Waals surface area contributed by atoms with Crippen molar-refractivity contribution in [3.63, 3.8) is 0 Å². The summed E-state index contributed by atoms with van der Waals surface area (Å²) in [5, 5.41) is 0. The van der Waals surface area contributed by atoms with Gasteiger partial charge in [-0.2, -0.15) is 0 Å². The predicted molar refractivity (Wildman–Crippen MR) is 90.8 cm³/mol. The van der Waals surface area contributed by atoms with E-state index >= 15 is 0 Å². The van der Waals surface area contributed by atoms with Gasteiger partial charge in [0.2, 0.25) is 0 Å². The molecule has 112 valence electrons. The van der Waals surface area contributed by atoms with Gasteiger partial charge in [0, 0.05) is 9.75 Å². The van der Waals surface area contributed by atoms with Gasteiger partial charge in [0.25, 0.3) is 0 Å². The molecule has 0 amide bonds. The second-order valence-corrected chi connectivity index (χ2v) is 7.42. The molecule has 3 rings (SSSR count). The molecule has 1 aromatic heterocycles. The van der Waals surface area contributed by atoms with E-state index in [2.05, 4.69) is 44.4 Å². The molecule has 0 saturated carbocycles. The maximum Gasteiger partial charge on any atom is 0.0593 e. The molecule has 1 aliphatic rings. The van der Waals surface area contributed by atoms with Gasteiger partial charge in [0.1, 0.15) is 0 Å². The minimum absolute atomic E-state index is 0.223. The number of hydrogen-bond acceptors (Lipinski definition) is 3. The van der Waals surface area contributed by atoms with Crippen molar-refractivity contribution in [2.75, 3.05) is 0 Å². The highest BCUT2D eigenvalue weighted by Gasteiger charge is 2.20. The summed E-state index contributed by atoms with van der Waals surface area (Å²) in [7, 11) is 0. The van der Waals surface area contributed by atoms with E-state index in [-0.39, 0.29) is 6.04 Å². The average molecular weight is 300 g/mol. The first kappa shape index (κ1) is 14.8. The third kappa shape index (κ3) is 2.91. The molecule has 0 saturated heterocycles. The quantitative estimate of drug-likeness (QED) is 0.663. The second kappa shape index (κ2) is 5.91. The maximum atomic E-state index is 5.86. The number of rotatable bonds is 4. The van der Waals surface area contributed by atoms with Crippen LogP contribution in [0.4, 0.5) is 0 Å². The summed E-state index contributed by atoms with van der Waals surface area (Å²) in [6.07, 6.45) is 4.78. The minimum atomic E-state index is 0.223. The Morgan fingerprint density at radius 3 is 2.48 bits per heavy atom. The van der Waals surface area contributed by atoms with E-state index in [1.54, 1.807) is 10.4 Å². The van der Waals surface area contributed by atoms with Gasteiger partial charge in [-0.25, -0.2) is 0 Å². The highest BCUT2D eigenvalue weighted by atomic mass is 32.1. The monoisotopic (exact) mass is 300 g/mol. The highest BCUT2D eigenvalue weighted by Crippen LogP contribution is 2.35. The molecule has 2 nitrogen and oxygen atoms in total. The van der Waals surface area contributed by atoms with Crippen LogP contribution in [0.2, 0.25) is 0 Å². The molecule has 0 radical (unpaired) electrons. The summed E-state index contributed by atoms with van der Waals surface area (Å²) in [6, 6.07) is 7.13. The Bertz CT molecular complexity index is 613. The fourth-order valence-electron chi connectivity index (χ4n) is 3.50. The number of nitrogens with one attached hydrogen (secondary N) is 1. The van der Waals surface area contributed by atoms with Crippen LogP contribution >= 0.6 is 11.3 Å². The van der Waals surface area contributed by atoms with Crippen LogP contribution in [-0.4, -0.2) is 0 Å². The third-order valence-corrected chi connectivity index (χ3v) is 5.91. The van der Waals surface area contributed by atoms with Gasteiger partial charge in [0.15, 0.2) is 0 Å². The number of nitrogens with two attached hydrogens (primary N) is 1. The fourth-order valence-corrected chi connectivity index (χ4v) is 4.82. The van der Waals surface area contributed by atoms with Crippen molar-refractivity contribution in [1.29, 1.82) is 0 Å². The molecule has 0 fully saturated rings. The first-order chi connectivity index (χ1) is 10.1.